The van der Waals surface area contributed by atoms with Gasteiger partial charge in [-0.2, -0.15) is 0 Å². The second kappa shape index (κ2) is 13.8. The molecule has 10 heteroatoms. The molecule has 2 amide bonds. The first-order chi connectivity index (χ1) is 24.0. The van der Waals surface area contributed by atoms with Gasteiger partial charge in [-0.1, -0.05) is 89.7 Å². The Labute approximate surface area is 317 Å². The van der Waals surface area contributed by atoms with Crippen LogP contribution in [0.1, 0.15) is 35.6 Å². The van der Waals surface area contributed by atoms with E-state index in [9.17, 15) is 9.90 Å². The van der Waals surface area contributed by atoms with E-state index in [4.69, 9.17) is 9.47 Å². The Bertz CT molecular complexity index is 1940. The van der Waals surface area contributed by atoms with Crippen molar-refractivity contribution in [3.63, 3.8) is 0 Å². The molecule has 3 heterocycles. The second-order valence-corrected chi connectivity index (χ2v) is 21.2. The number of hydrogen-bond acceptors (Lipinski definition) is 5. The number of aliphatic hydroxyl groups is 1. The summed E-state index contributed by atoms with van der Waals surface area (Å²) in [4.78, 5) is 33.3. The molecule has 0 bridgehead atoms. The molecule has 3 aliphatic heterocycles. The lowest BCUT2D eigenvalue weighted by molar-refractivity contribution is -0.151. The van der Waals surface area contributed by atoms with Crippen molar-refractivity contribution < 1.29 is 24.2 Å². The first kappa shape index (κ1) is 35.4. The van der Waals surface area contributed by atoms with Crippen LogP contribution in [0.25, 0.3) is 0 Å². The monoisotopic (exact) mass is 864 g/mol. The summed E-state index contributed by atoms with van der Waals surface area (Å²) in [6.45, 7) is 7.55. The Morgan fingerprint density at radius 2 is 1.78 bits per heavy atom. The number of carbonyl (C=O) groups excluding carboxylic acids is 2. The summed E-state index contributed by atoms with van der Waals surface area (Å²) in [5.74, 6) is 0.402. The maximum atomic E-state index is 15.1. The fourth-order valence-corrected chi connectivity index (χ4v) is 13.8. The molecule has 4 aromatic rings. The van der Waals surface area contributed by atoms with Crippen molar-refractivity contribution in [1.29, 1.82) is 0 Å². The van der Waals surface area contributed by atoms with Crippen LogP contribution in [0, 0.1) is 9.49 Å². The highest BCUT2D eigenvalue weighted by atomic mass is 127. The summed E-state index contributed by atoms with van der Waals surface area (Å²) in [7, 11) is -0.789. The van der Waals surface area contributed by atoms with Gasteiger partial charge >= 0.3 is 0 Å². The molecule has 5 atom stereocenters. The molecular formula is C40H42BrIN2O5Si. The third-order valence-corrected chi connectivity index (χ3v) is 16.8. The topological polar surface area (TPSA) is 79.3 Å². The number of nitrogens with zero attached hydrogens (tertiary/aromatic N) is 2. The van der Waals surface area contributed by atoms with Crippen LogP contribution in [-0.2, 0) is 39.4 Å². The first-order valence-electron chi connectivity index (χ1n) is 17.1. The number of anilines is 1. The van der Waals surface area contributed by atoms with E-state index >= 15 is 4.79 Å². The highest BCUT2D eigenvalue weighted by Crippen LogP contribution is 2.60. The van der Waals surface area contributed by atoms with Crippen molar-refractivity contribution >= 4 is 69.3 Å². The zero-order valence-electron chi connectivity index (χ0n) is 28.7. The molecule has 7 nitrogen and oxygen atoms in total. The van der Waals surface area contributed by atoms with E-state index in [0.29, 0.717) is 19.5 Å². The Morgan fingerprint density at radius 1 is 1.04 bits per heavy atom. The fraction of sp³-hybridized carbons (Fsp3) is 0.350. The van der Waals surface area contributed by atoms with Crippen LogP contribution in [0.4, 0.5) is 5.69 Å². The van der Waals surface area contributed by atoms with Gasteiger partial charge in [0.05, 0.1) is 52.6 Å². The van der Waals surface area contributed by atoms with Gasteiger partial charge in [-0.05, 0) is 93.7 Å². The molecule has 7 rings (SSSR count). The van der Waals surface area contributed by atoms with Crippen LogP contribution < -0.4 is 14.8 Å². The van der Waals surface area contributed by atoms with Gasteiger partial charge in [0.1, 0.15) is 5.75 Å². The molecule has 0 aliphatic carbocycles. The molecule has 1 N–H and O–H groups in total. The Balaban J connectivity index is 1.31. The van der Waals surface area contributed by atoms with E-state index in [1.807, 2.05) is 64.4 Å². The molecule has 0 saturated carbocycles. The van der Waals surface area contributed by atoms with Crippen LogP contribution in [-0.4, -0.2) is 55.8 Å². The number of halogens is 2. The lowest BCUT2D eigenvalue weighted by Gasteiger charge is -2.39. The summed E-state index contributed by atoms with van der Waals surface area (Å²) in [5.41, 5.74) is 3.64. The summed E-state index contributed by atoms with van der Waals surface area (Å²) >= 11 is 6.00. The zero-order chi connectivity index (χ0) is 35.4. The summed E-state index contributed by atoms with van der Waals surface area (Å²) < 4.78 is 14.7. The molecule has 1 saturated heterocycles. The normalized spacial score (nSPS) is 24.4. The molecule has 0 aromatic heterocycles. The smallest absolute Gasteiger partial charge is 0.264 e. The van der Waals surface area contributed by atoms with Gasteiger partial charge in [0, 0.05) is 26.1 Å². The quantitative estimate of drug-likeness (QED) is 0.150. The molecule has 0 radical (unpaired) electrons. The van der Waals surface area contributed by atoms with Crippen molar-refractivity contribution in [1.82, 2.24) is 4.90 Å². The highest BCUT2D eigenvalue weighted by Gasteiger charge is 2.66. The third-order valence-electron chi connectivity index (χ3n) is 11.3. The third kappa shape index (κ3) is 6.04. The van der Waals surface area contributed by atoms with Gasteiger partial charge in [0.15, 0.2) is 5.60 Å². The van der Waals surface area contributed by atoms with Crippen LogP contribution in [0.5, 0.6) is 5.75 Å². The van der Waals surface area contributed by atoms with Gasteiger partial charge in [-0.25, -0.2) is 0 Å². The molecule has 260 valence electrons. The molecule has 4 aromatic carbocycles. The van der Waals surface area contributed by atoms with Crippen LogP contribution in [0.3, 0.4) is 0 Å². The average Bonchev–Trinajstić information content (AvgIpc) is 3.53. The Morgan fingerprint density at radius 3 is 2.48 bits per heavy atom. The zero-order valence-corrected chi connectivity index (χ0v) is 33.5. The maximum Gasteiger partial charge on any atom is 0.264 e. The number of benzene rings is 4. The largest absolute Gasteiger partial charge is 0.497 e. The average molecular weight is 866 g/mol. The Hall–Kier alpha value is -3.03. The van der Waals surface area contributed by atoms with Crippen molar-refractivity contribution in [2.75, 3.05) is 18.6 Å². The lowest BCUT2D eigenvalue weighted by atomic mass is 9.82. The van der Waals surface area contributed by atoms with Crippen LogP contribution in [0.2, 0.25) is 18.6 Å². The number of methoxy groups -OCH3 is 1. The molecule has 50 heavy (non-hydrogen) atoms. The SMILES string of the molecule is COc1ccc([Si](C)(C)[C@H]2[C@H](CC(=O)N3Cc4ccccc4C[C@H]3CO)O[C@@]3(C(=O)N(Cc4cccc(I)c4)c4ccc(Br)cc43)[C@@H]2C)cc1. The number of aliphatic hydroxyl groups excluding tert-OH is 1. The predicted molar refractivity (Wildman–Crippen MR) is 210 cm³/mol. The minimum absolute atomic E-state index is 0.0621. The first-order valence-corrected chi connectivity index (χ1v) is 22.1. The number of carbonyl (C=O) groups is 2. The van der Waals surface area contributed by atoms with Crippen molar-refractivity contribution in [3.8, 4) is 5.75 Å². The van der Waals surface area contributed by atoms with Crippen molar-refractivity contribution in [3.05, 3.63) is 121 Å². The van der Waals surface area contributed by atoms with Crippen molar-refractivity contribution in [2.24, 2.45) is 5.92 Å². The van der Waals surface area contributed by atoms with Crippen LogP contribution >= 0.6 is 38.5 Å². The summed E-state index contributed by atoms with van der Waals surface area (Å²) in [6.07, 6.45) is 0.203. The van der Waals surface area contributed by atoms with E-state index < -0.39 is 19.8 Å². The van der Waals surface area contributed by atoms with Gasteiger partial charge < -0.3 is 24.4 Å². The van der Waals surface area contributed by atoms with Gasteiger partial charge in [-0.15, -0.1) is 0 Å². The molecule has 3 aliphatic rings. The number of rotatable bonds is 8. The standard InChI is InChI=1S/C40H42BrIN2O5Si/c1-25-38(50(3,4)33-15-13-32(48-2)14-16-33)36(21-37(46)43-23-28-10-6-5-9-27(28)19-31(43)24-45)49-40(25)34-20-29(41)12-17-35(34)44(39(40)47)22-26-8-7-11-30(42)18-26/h5-18,20,25,31,36,38,45H,19,21-24H2,1-4H3/t25-,31+,36+,38-,40+/m1/s1. The van der Waals surface area contributed by atoms with Crippen molar-refractivity contribution in [2.45, 2.75) is 69.2 Å². The predicted octanol–water partition coefficient (Wildman–Crippen LogP) is 7.16. The Kier molecular flexibility index (Phi) is 9.79. The molecule has 1 fully saturated rings. The lowest BCUT2D eigenvalue weighted by Crippen LogP contribution is -2.52. The number of ether oxygens (including phenoxy) is 2. The van der Waals surface area contributed by atoms with Gasteiger partial charge in [0.2, 0.25) is 5.91 Å². The number of fused-ring (bicyclic) bond motifs is 3. The minimum atomic E-state index is -2.45. The van der Waals surface area contributed by atoms with Gasteiger partial charge in [0.25, 0.3) is 5.91 Å². The van der Waals surface area contributed by atoms with E-state index in [0.717, 1.165) is 41.7 Å². The van der Waals surface area contributed by atoms with E-state index in [1.165, 1.54) is 5.19 Å². The number of hydrogen-bond donors (Lipinski definition) is 1. The summed E-state index contributed by atoms with van der Waals surface area (Å²) in [5, 5.41) is 11.6. The molecule has 1 spiro atoms. The second-order valence-electron chi connectivity index (χ2n) is 14.4. The minimum Gasteiger partial charge on any atom is -0.497 e. The van der Waals surface area contributed by atoms with E-state index in [-0.39, 0.29) is 42.3 Å². The van der Waals surface area contributed by atoms with Crippen LogP contribution in [0.15, 0.2) is 95.5 Å². The summed E-state index contributed by atoms with van der Waals surface area (Å²) in [6, 6.07) is 30.3. The maximum absolute atomic E-state index is 15.1. The molecular weight excluding hydrogens is 823 g/mol. The fourth-order valence-electron chi connectivity index (χ4n) is 8.79. The van der Waals surface area contributed by atoms with Gasteiger partial charge in [-0.3, -0.25) is 9.59 Å². The molecule has 0 unspecified atom stereocenters. The van der Waals surface area contributed by atoms with E-state index in [2.05, 4.69) is 94.9 Å². The number of amides is 2. The van der Waals surface area contributed by atoms with E-state index in [1.54, 1.807) is 7.11 Å². The highest BCUT2D eigenvalue weighted by molar-refractivity contribution is 14.1.